The first kappa shape index (κ1) is 14.8. The first-order valence-electron chi connectivity index (χ1n) is 5.63. The average Bonchev–Trinajstić information content (AvgIpc) is 2.38. The van der Waals surface area contributed by atoms with E-state index in [1.807, 2.05) is 6.07 Å². The molecule has 2 aromatic rings. The van der Waals surface area contributed by atoms with Gasteiger partial charge in [-0.2, -0.15) is 0 Å². The maximum absolute atomic E-state index is 12.0. The zero-order chi connectivity index (χ0) is 14.7. The van der Waals surface area contributed by atoms with Crippen molar-refractivity contribution in [1.82, 2.24) is 0 Å². The lowest BCUT2D eigenvalue weighted by Gasteiger charge is -2.07. The molecule has 0 radical (unpaired) electrons. The van der Waals surface area contributed by atoms with Crippen LogP contribution in [0.5, 0.6) is 0 Å². The summed E-state index contributed by atoms with van der Waals surface area (Å²) in [6, 6.07) is 11.8. The van der Waals surface area contributed by atoms with Crippen molar-refractivity contribution in [3.05, 3.63) is 62.2 Å². The van der Waals surface area contributed by atoms with Crippen LogP contribution < -0.4 is 11.1 Å². The first-order valence-corrected chi connectivity index (χ1v) is 7.09. The van der Waals surface area contributed by atoms with Crippen molar-refractivity contribution < 1.29 is 9.59 Å². The van der Waals surface area contributed by atoms with E-state index in [4.69, 9.17) is 17.3 Å². The molecule has 2 amide bonds. The van der Waals surface area contributed by atoms with Crippen molar-refractivity contribution in [1.29, 1.82) is 0 Å². The van der Waals surface area contributed by atoms with E-state index in [-0.39, 0.29) is 16.5 Å². The minimum Gasteiger partial charge on any atom is -0.366 e. The number of anilines is 1. The van der Waals surface area contributed by atoms with Crippen LogP contribution in [0, 0.1) is 3.57 Å². The smallest absolute Gasteiger partial charge is 0.255 e. The lowest BCUT2D eigenvalue weighted by molar-refractivity contribution is 0.0998. The number of hydrogen-bond donors (Lipinski definition) is 2. The Morgan fingerprint density at radius 2 is 1.90 bits per heavy atom. The molecule has 102 valence electrons. The highest BCUT2D eigenvalue weighted by atomic mass is 127. The topological polar surface area (TPSA) is 72.2 Å². The molecule has 0 unspecified atom stereocenters. The van der Waals surface area contributed by atoms with Gasteiger partial charge in [0, 0.05) is 14.8 Å². The van der Waals surface area contributed by atoms with Gasteiger partial charge >= 0.3 is 0 Å². The van der Waals surface area contributed by atoms with Gasteiger partial charge in [-0.15, -0.1) is 0 Å². The van der Waals surface area contributed by atoms with Crippen LogP contribution in [-0.4, -0.2) is 11.8 Å². The van der Waals surface area contributed by atoms with Crippen LogP contribution in [0.2, 0.25) is 5.02 Å². The third kappa shape index (κ3) is 3.49. The Morgan fingerprint density at radius 3 is 2.50 bits per heavy atom. The molecule has 0 saturated heterocycles. The zero-order valence-electron chi connectivity index (χ0n) is 10.2. The Hall–Kier alpha value is -1.60. The SMILES string of the molecule is NC(=O)c1ccc(NC(=O)c2cccc(I)c2)cc1Cl. The molecule has 0 fully saturated rings. The lowest BCUT2D eigenvalue weighted by atomic mass is 10.1. The highest BCUT2D eigenvalue weighted by Gasteiger charge is 2.10. The van der Waals surface area contributed by atoms with Crippen molar-refractivity contribution in [2.75, 3.05) is 5.32 Å². The Balaban J connectivity index is 2.20. The van der Waals surface area contributed by atoms with Crippen molar-refractivity contribution in [3.63, 3.8) is 0 Å². The van der Waals surface area contributed by atoms with Gasteiger partial charge in [-0.3, -0.25) is 9.59 Å². The maximum Gasteiger partial charge on any atom is 0.255 e. The fourth-order valence-electron chi connectivity index (χ4n) is 1.63. The van der Waals surface area contributed by atoms with Gasteiger partial charge < -0.3 is 11.1 Å². The third-order valence-corrected chi connectivity index (χ3v) is 3.56. The zero-order valence-corrected chi connectivity index (χ0v) is 13.1. The molecule has 3 N–H and O–H groups in total. The van der Waals surface area contributed by atoms with E-state index >= 15 is 0 Å². The minimum atomic E-state index is -0.606. The number of carbonyl (C=O) groups excluding carboxylic acids is 2. The second-order valence-corrected chi connectivity index (χ2v) is 5.68. The summed E-state index contributed by atoms with van der Waals surface area (Å²) >= 11 is 8.06. The number of halogens is 2. The number of rotatable bonds is 3. The molecule has 4 nitrogen and oxygen atoms in total. The van der Waals surface area contributed by atoms with Crippen molar-refractivity contribution >= 4 is 51.7 Å². The van der Waals surface area contributed by atoms with Gasteiger partial charge in [0.25, 0.3) is 5.91 Å². The average molecular weight is 401 g/mol. The van der Waals surface area contributed by atoms with Gasteiger partial charge in [0.05, 0.1) is 10.6 Å². The monoisotopic (exact) mass is 400 g/mol. The van der Waals surface area contributed by atoms with E-state index in [1.54, 1.807) is 24.3 Å². The number of amides is 2. The Morgan fingerprint density at radius 1 is 1.15 bits per heavy atom. The summed E-state index contributed by atoms with van der Waals surface area (Å²) in [6.07, 6.45) is 0. The Kier molecular flexibility index (Phi) is 4.61. The standard InChI is InChI=1S/C14H10ClIN2O2/c15-12-7-10(4-5-11(12)13(17)19)18-14(20)8-2-1-3-9(16)6-8/h1-7H,(H2,17,19)(H,18,20). The van der Waals surface area contributed by atoms with Crippen molar-refractivity contribution in [2.45, 2.75) is 0 Å². The number of hydrogen-bond acceptors (Lipinski definition) is 2. The summed E-state index contributed by atoms with van der Waals surface area (Å²) in [6.45, 7) is 0. The second kappa shape index (κ2) is 6.23. The quantitative estimate of drug-likeness (QED) is 0.776. The molecule has 0 bridgehead atoms. The largest absolute Gasteiger partial charge is 0.366 e. The van der Waals surface area contributed by atoms with Crippen molar-refractivity contribution in [3.8, 4) is 0 Å². The molecule has 0 aromatic heterocycles. The van der Waals surface area contributed by atoms with E-state index in [2.05, 4.69) is 27.9 Å². The predicted octanol–water partition coefficient (Wildman–Crippen LogP) is 3.30. The highest BCUT2D eigenvalue weighted by Crippen LogP contribution is 2.21. The summed E-state index contributed by atoms with van der Waals surface area (Å²) in [5.41, 5.74) is 6.44. The second-order valence-electron chi connectivity index (χ2n) is 4.02. The van der Waals surface area contributed by atoms with E-state index < -0.39 is 5.91 Å². The summed E-state index contributed by atoms with van der Waals surface area (Å²) < 4.78 is 0.970. The summed E-state index contributed by atoms with van der Waals surface area (Å²) in [5.74, 6) is -0.850. The van der Waals surface area contributed by atoms with Gasteiger partial charge in [-0.05, 0) is 59.0 Å². The van der Waals surface area contributed by atoms with Gasteiger partial charge in [0.2, 0.25) is 5.91 Å². The lowest BCUT2D eigenvalue weighted by Crippen LogP contribution is -2.14. The first-order chi connectivity index (χ1) is 9.47. The highest BCUT2D eigenvalue weighted by molar-refractivity contribution is 14.1. The van der Waals surface area contributed by atoms with E-state index in [0.717, 1.165) is 3.57 Å². The molecular formula is C14H10ClIN2O2. The van der Waals surface area contributed by atoms with E-state index in [1.165, 1.54) is 12.1 Å². The van der Waals surface area contributed by atoms with Gasteiger partial charge in [-0.25, -0.2) is 0 Å². The number of benzene rings is 2. The molecule has 0 aliphatic heterocycles. The van der Waals surface area contributed by atoms with Crippen LogP contribution in [0.25, 0.3) is 0 Å². The molecule has 2 aromatic carbocycles. The molecule has 20 heavy (non-hydrogen) atoms. The van der Waals surface area contributed by atoms with Crippen LogP contribution >= 0.6 is 34.2 Å². The Labute approximate surface area is 134 Å². The van der Waals surface area contributed by atoms with E-state index in [0.29, 0.717) is 11.3 Å². The molecule has 6 heteroatoms. The number of carbonyl (C=O) groups is 2. The van der Waals surface area contributed by atoms with Crippen molar-refractivity contribution in [2.24, 2.45) is 5.73 Å². The van der Waals surface area contributed by atoms with Gasteiger partial charge in [0.1, 0.15) is 0 Å². The molecule has 0 aliphatic carbocycles. The molecule has 0 saturated carbocycles. The number of nitrogens with one attached hydrogen (secondary N) is 1. The summed E-state index contributed by atoms with van der Waals surface area (Å²) in [5, 5.41) is 2.92. The van der Waals surface area contributed by atoms with Crippen LogP contribution in [-0.2, 0) is 0 Å². The Bertz CT molecular complexity index is 689. The third-order valence-electron chi connectivity index (χ3n) is 2.58. The molecular weight excluding hydrogens is 391 g/mol. The molecule has 0 atom stereocenters. The minimum absolute atomic E-state index is 0.206. The van der Waals surface area contributed by atoms with Crippen LogP contribution in [0.3, 0.4) is 0 Å². The van der Waals surface area contributed by atoms with Gasteiger partial charge in [-0.1, -0.05) is 17.7 Å². The van der Waals surface area contributed by atoms with Crippen LogP contribution in [0.1, 0.15) is 20.7 Å². The molecule has 0 aliphatic rings. The maximum atomic E-state index is 12.0. The molecule has 0 heterocycles. The normalized spacial score (nSPS) is 10.1. The summed E-state index contributed by atoms with van der Waals surface area (Å²) in [7, 11) is 0. The fourth-order valence-corrected chi connectivity index (χ4v) is 2.44. The van der Waals surface area contributed by atoms with E-state index in [9.17, 15) is 9.59 Å². The van der Waals surface area contributed by atoms with Crippen LogP contribution in [0.4, 0.5) is 5.69 Å². The number of primary amides is 1. The summed E-state index contributed by atoms with van der Waals surface area (Å²) in [4.78, 5) is 23.1. The number of nitrogens with two attached hydrogens (primary N) is 1. The molecule has 0 spiro atoms. The van der Waals surface area contributed by atoms with Crippen LogP contribution in [0.15, 0.2) is 42.5 Å². The predicted molar refractivity (Wildman–Crippen MR) is 87.1 cm³/mol. The molecule has 2 rings (SSSR count). The fraction of sp³-hybridized carbons (Fsp3) is 0. The van der Waals surface area contributed by atoms with Gasteiger partial charge in [0.15, 0.2) is 0 Å².